The van der Waals surface area contributed by atoms with Gasteiger partial charge in [-0.1, -0.05) is 65.8 Å². The number of rotatable bonds is 1. The highest BCUT2D eigenvalue weighted by Crippen LogP contribution is 2.49. The quantitative estimate of drug-likeness (QED) is 0.663. The van der Waals surface area contributed by atoms with E-state index < -0.39 is 0 Å². The van der Waals surface area contributed by atoms with E-state index in [9.17, 15) is 9.90 Å². The molecule has 0 atom stereocenters. The van der Waals surface area contributed by atoms with Gasteiger partial charge in [0.15, 0.2) is 0 Å². The Kier molecular flexibility index (Phi) is 3.75. The van der Waals surface area contributed by atoms with E-state index in [2.05, 4.69) is 20.8 Å². The summed E-state index contributed by atoms with van der Waals surface area (Å²) >= 11 is 0. The van der Waals surface area contributed by atoms with Gasteiger partial charge >= 0.3 is 0 Å². The molecule has 25 heavy (non-hydrogen) atoms. The first-order valence-corrected chi connectivity index (χ1v) is 8.61. The standard InChI is InChI=1S/C22H26O3/c1-21(2,3)14-10-8-12-13-9-11-15(22(4,5)6)20(25-7)17(13)19(24)16(12)18(14)23/h8-11,23H,1-7H3. The maximum Gasteiger partial charge on any atom is 0.201 e. The van der Waals surface area contributed by atoms with E-state index in [1.54, 1.807) is 7.11 Å². The fraction of sp³-hybridized carbons (Fsp3) is 0.409. The van der Waals surface area contributed by atoms with Crippen LogP contribution in [0.5, 0.6) is 11.5 Å². The summed E-state index contributed by atoms with van der Waals surface area (Å²) in [5.74, 6) is 0.546. The number of hydrogen-bond acceptors (Lipinski definition) is 3. The number of benzene rings is 2. The fourth-order valence-corrected chi connectivity index (χ4v) is 3.61. The molecule has 0 bridgehead atoms. The zero-order valence-corrected chi connectivity index (χ0v) is 16.1. The minimum absolute atomic E-state index is 0.0885. The van der Waals surface area contributed by atoms with Crippen LogP contribution >= 0.6 is 0 Å². The average molecular weight is 338 g/mol. The smallest absolute Gasteiger partial charge is 0.201 e. The molecule has 2 aromatic carbocycles. The number of phenols is 1. The summed E-state index contributed by atoms with van der Waals surface area (Å²) in [5, 5.41) is 10.8. The highest BCUT2D eigenvalue weighted by Gasteiger charge is 2.37. The topological polar surface area (TPSA) is 46.5 Å². The fourth-order valence-electron chi connectivity index (χ4n) is 3.61. The van der Waals surface area contributed by atoms with Crippen LogP contribution in [0.2, 0.25) is 0 Å². The molecule has 1 N–H and O–H groups in total. The molecular weight excluding hydrogens is 312 g/mol. The van der Waals surface area contributed by atoms with Crippen LogP contribution in [-0.4, -0.2) is 18.0 Å². The van der Waals surface area contributed by atoms with Crippen molar-refractivity contribution in [2.45, 2.75) is 52.4 Å². The van der Waals surface area contributed by atoms with Gasteiger partial charge in [0.05, 0.1) is 18.2 Å². The molecule has 0 radical (unpaired) electrons. The van der Waals surface area contributed by atoms with Gasteiger partial charge in [-0.3, -0.25) is 4.79 Å². The van der Waals surface area contributed by atoms with Gasteiger partial charge in [0.1, 0.15) is 11.5 Å². The van der Waals surface area contributed by atoms with Crippen LogP contribution in [0.1, 0.15) is 68.6 Å². The van der Waals surface area contributed by atoms with Gasteiger partial charge < -0.3 is 9.84 Å². The molecule has 1 aliphatic carbocycles. The number of aromatic hydroxyl groups is 1. The predicted octanol–water partition coefficient (Wildman–Crippen LogP) is 5.21. The van der Waals surface area contributed by atoms with Crippen LogP contribution in [0.25, 0.3) is 11.1 Å². The van der Waals surface area contributed by atoms with Crippen molar-refractivity contribution in [3.8, 4) is 22.6 Å². The Labute approximate surface area is 149 Å². The first-order chi connectivity index (χ1) is 11.5. The molecule has 3 nitrogen and oxygen atoms in total. The Balaban J connectivity index is 2.31. The molecule has 0 amide bonds. The van der Waals surface area contributed by atoms with E-state index in [1.165, 1.54) is 0 Å². The van der Waals surface area contributed by atoms with Crippen molar-refractivity contribution in [1.29, 1.82) is 0 Å². The van der Waals surface area contributed by atoms with Gasteiger partial charge in [0.2, 0.25) is 5.78 Å². The van der Waals surface area contributed by atoms with Crippen molar-refractivity contribution in [1.82, 2.24) is 0 Å². The maximum atomic E-state index is 13.2. The molecular formula is C22H26O3. The number of methoxy groups -OCH3 is 1. The zero-order chi connectivity index (χ0) is 18.7. The zero-order valence-electron chi connectivity index (χ0n) is 16.1. The molecule has 0 spiro atoms. The summed E-state index contributed by atoms with van der Waals surface area (Å²) in [6, 6.07) is 7.85. The Bertz CT molecular complexity index is 878. The Morgan fingerprint density at radius 1 is 0.800 bits per heavy atom. The molecule has 0 saturated heterocycles. The van der Waals surface area contributed by atoms with Crippen LogP contribution in [0.4, 0.5) is 0 Å². The number of ether oxygens (including phenoxy) is 1. The molecule has 0 heterocycles. The van der Waals surface area contributed by atoms with Gasteiger partial charge in [-0.2, -0.15) is 0 Å². The third-order valence-electron chi connectivity index (χ3n) is 4.90. The summed E-state index contributed by atoms with van der Waals surface area (Å²) in [4.78, 5) is 13.2. The van der Waals surface area contributed by atoms with Crippen molar-refractivity contribution in [3.05, 3.63) is 46.5 Å². The Morgan fingerprint density at radius 2 is 1.28 bits per heavy atom. The second-order valence-electron chi connectivity index (χ2n) is 8.78. The number of phenolic OH excluding ortho intramolecular Hbond substituents is 1. The minimum atomic E-state index is -0.241. The van der Waals surface area contributed by atoms with Crippen LogP contribution in [0, 0.1) is 0 Å². The number of fused-ring (bicyclic) bond motifs is 3. The van der Waals surface area contributed by atoms with E-state index in [-0.39, 0.29) is 22.4 Å². The highest BCUT2D eigenvalue weighted by atomic mass is 16.5. The lowest BCUT2D eigenvalue weighted by atomic mass is 9.84. The first kappa shape index (κ1) is 17.5. The lowest BCUT2D eigenvalue weighted by Gasteiger charge is -2.23. The van der Waals surface area contributed by atoms with Crippen molar-refractivity contribution < 1.29 is 14.6 Å². The molecule has 132 valence electrons. The van der Waals surface area contributed by atoms with E-state index in [0.717, 1.165) is 22.3 Å². The van der Waals surface area contributed by atoms with Crippen molar-refractivity contribution in [2.24, 2.45) is 0 Å². The van der Waals surface area contributed by atoms with E-state index in [0.29, 0.717) is 16.9 Å². The summed E-state index contributed by atoms with van der Waals surface area (Å²) in [5.41, 5.74) is 3.96. The Morgan fingerprint density at radius 3 is 1.76 bits per heavy atom. The second kappa shape index (κ2) is 5.35. The summed E-state index contributed by atoms with van der Waals surface area (Å²) < 4.78 is 5.65. The van der Waals surface area contributed by atoms with Crippen LogP contribution < -0.4 is 4.74 Å². The molecule has 0 aromatic heterocycles. The summed E-state index contributed by atoms with van der Waals surface area (Å²) in [6.07, 6.45) is 0. The summed E-state index contributed by atoms with van der Waals surface area (Å²) in [6.45, 7) is 12.4. The van der Waals surface area contributed by atoms with Crippen molar-refractivity contribution in [3.63, 3.8) is 0 Å². The number of hydrogen-bond donors (Lipinski definition) is 1. The van der Waals surface area contributed by atoms with Gasteiger partial charge in [-0.15, -0.1) is 0 Å². The van der Waals surface area contributed by atoms with E-state index >= 15 is 0 Å². The first-order valence-electron chi connectivity index (χ1n) is 8.61. The van der Waals surface area contributed by atoms with Crippen LogP contribution in [-0.2, 0) is 10.8 Å². The third-order valence-corrected chi connectivity index (χ3v) is 4.90. The third kappa shape index (κ3) is 2.53. The number of carbonyl (C=O) groups is 1. The van der Waals surface area contributed by atoms with E-state index in [4.69, 9.17) is 4.74 Å². The monoisotopic (exact) mass is 338 g/mol. The maximum absolute atomic E-state index is 13.2. The average Bonchev–Trinajstić information content (AvgIpc) is 2.78. The highest BCUT2D eigenvalue weighted by molar-refractivity contribution is 6.25. The number of ketones is 1. The van der Waals surface area contributed by atoms with Gasteiger partial charge in [0.25, 0.3) is 0 Å². The van der Waals surface area contributed by atoms with Crippen molar-refractivity contribution in [2.75, 3.05) is 7.11 Å². The number of carbonyl (C=O) groups excluding carboxylic acids is 1. The molecule has 2 aromatic rings. The molecule has 1 aliphatic rings. The predicted molar refractivity (Wildman–Crippen MR) is 101 cm³/mol. The normalized spacial score (nSPS) is 13.6. The lowest BCUT2D eigenvalue weighted by molar-refractivity contribution is 0.103. The second-order valence-corrected chi connectivity index (χ2v) is 8.78. The molecule has 0 saturated carbocycles. The Hall–Kier alpha value is -2.29. The molecule has 0 aliphatic heterocycles. The van der Waals surface area contributed by atoms with Gasteiger partial charge in [-0.05, 0) is 22.0 Å². The summed E-state index contributed by atoms with van der Waals surface area (Å²) in [7, 11) is 1.60. The van der Waals surface area contributed by atoms with Crippen molar-refractivity contribution >= 4 is 5.78 Å². The SMILES string of the molecule is COc1c(C(C)(C)C)ccc2c1C(=O)c1c-2ccc(C(C)(C)C)c1O. The van der Waals surface area contributed by atoms with E-state index in [1.807, 2.05) is 45.0 Å². The largest absolute Gasteiger partial charge is 0.507 e. The van der Waals surface area contributed by atoms with Gasteiger partial charge in [-0.25, -0.2) is 0 Å². The molecule has 3 rings (SSSR count). The van der Waals surface area contributed by atoms with Crippen LogP contribution in [0.3, 0.4) is 0 Å². The lowest BCUT2D eigenvalue weighted by Crippen LogP contribution is -2.15. The van der Waals surface area contributed by atoms with Gasteiger partial charge in [0, 0.05) is 11.1 Å². The molecule has 0 fully saturated rings. The molecule has 3 heteroatoms. The van der Waals surface area contributed by atoms with Crippen LogP contribution in [0.15, 0.2) is 24.3 Å². The minimum Gasteiger partial charge on any atom is -0.507 e. The molecule has 0 unspecified atom stereocenters.